The minimum Gasteiger partial charge on any atom is -0.508 e. The predicted octanol–water partition coefficient (Wildman–Crippen LogP) is 2.80. The maximum Gasteiger partial charge on any atom is 0.255 e. The van der Waals surface area contributed by atoms with Gasteiger partial charge in [-0.25, -0.2) is 8.78 Å². The number of hydrogen-bond acceptors (Lipinski definition) is 2. The number of carbonyl (C=O) groups is 1. The Morgan fingerprint density at radius 1 is 1.50 bits per heavy atom. The number of rotatable bonds is 5. The number of aromatic hydroxyl groups is 1. The van der Waals surface area contributed by atoms with Crippen LogP contribution in [0, 0.1) is 6.92 Å². The van der Waals surface area contributed by atoms with Gasteiger partial charge in [0.1, 0.15) is 5.75 Å². The molecule has 0 fully saturated rings. The first-order valence-electron chi connectivity index (χ1n) is 5.38. The van der Waals surface area contributed by atoms with Crippen LogP contribution < -0.4 is 0 Å². The highest BCUT2D eigenvalue weighted by molar-refractivity contribution is 9.09. The first-order valence-corrected chi connectivity index (χ1v) is 6.51. The van der Waals surface area contributed by atoms with Crippen molar-refractivity contribution < 1.29 is 18.7 Å². The minimum absolute atomic E-state index is 0.0170. The maximum atomic E-state index is 12.4. The molecule has 0 atom stereocenters. The Morgan fingerprint density at radius 2 is 2.17 bits per heavy atom. The second-order valence-electron chi connectivity index (χ2n) is 3.83. The van der Waals surface area contributed by atoms with E-state index in [9.17, 15) is 18.7 Å². The van der Waals surface area contributed by atoms with Crippen LogP contribution in [0.5, 0.6) is 5.75 Å². The molecule has 0 heterocycles. The number of halogens is 3. The van der Waals surface area contributed by atoms with Crippen LogP contribution >= 0.6 is 15.9 Å². The van der Waals surface area contributed by atoms with Gasteiger partial charge in [-0.15, -0.1) is 0 Å². The second-order valence-corrected chi connectivity index (χ2v) is 4.63. The summed E-state index contributed by atoms with van der Waals surface area (Å²) in [6.07, 6.45) is -2.58. The molecule has 0 spiro atoms. The van der Waals surface area contributed by atoms with Crippen molar-refractivity contribution in [2.45, 2.75) is 13.3 Å². The molecule has 6 heteroatoms. The summed E-state index contributed by atoms with van der Waals surface area (Å²) in [6, 6.07) is 4.39. The van der Waals surface area contributed by atoms with Crippen LogP contribution in [0.1, 0.15) is 15.9 Å². The van der Waals surface area contributed by atoms with E-state index in [1.54, 1.807) is 13.0 Å². The van der Waals surface area contributed by atoms with E-state index in [2.05, 4.69) is 15.9 Å². The van der Waals surface area contributed by atoms with Gasteiger partial charge in [-0.3, -0.25) is 4.79 Å². The molecule has 0 aliphatic heterocycles. The highest BCUT2D eigenvalue weighted by Crippen LogP contribution is 2.19. The van der Waals surface area contributed by atoms with Gasteiger partial charge >= 0.3 is 0 Å². The van der Waals surface area contributed by atoms with Crippen LogP contribution in [0.4, 0.5) is 8.78 Å². The van der Waals surface area contributed by atoms with Crippen molar-refractivity contribution in [1.82, 2.24) is 4.90 Å². The second kappa shape index (κ2) is 6.68. The maximum absolute atomic E-state index is 12.4. The van der Waals surface area contributed by atoms with Gasteiger partial charge in [-0.2, -0.15) is 0 Å². The average Bonchev–Trinajstić information content (AvgIpc) is 2.31. The third-order valence-electron chi connectivity index (χ3n) is 2.46. The highest BCUT2D eigenvalue weighted by atomic mass is 79.9. The van der Waals surface area contributed by atoms with Gasteiger partial charge in [0.15, 0.2) is 0 Å². The number of phenols is 1. The van der Waals surface area contributed by atoms with Crippen LogP contribution in [-0.2, 0) is 0 Å². The Bertz CT molecular complexity index is 427. The molecule has 0 unspecified atom stereocenters. The topological polar surface area (TPSA) is 40.5 Å². The molecular formula is C12H14BrF2NO2. The number of carbonyl (C=O) groups excluding carboxylic acids is 1. The summed E-state index contributed by atoms with van der Waals surface area (Å²) >= 11 is 3.12. The molecule has 0 bridgehead atoms. The Labute approximate surface area is 113 Å². The quantitative estimate of drug-likeness (QED) is 0.847. The fourth-order valence-electron chi connectivity index (χ4n) is 1.47. The lowest BCUT2D eigenvalue weighted by Gasteiger charge is -2.21. The number of nitrogens with zero attached hydrogens (tertiary/aromatic N) is 1. The first kappa shape index (κ1) is 14.9. The van der Waals surface area contributed by atoms with Crippen molar-refractivity contribution in [2.75, 3.05) is 18.4 Å². The summed E-state index contributed by atoms with van der Waals surface area (Å²) in [7, 11) is 0. The summed E-state index contributed by atoms with van der Waals surface area (Å²) in [5, 5.41) is 9.93. The monoisotopic (exact) mass is 321 g/mol. The lowest BCUT2D eigenvalue weighted by molar-refractivity contribution is 0.0572. The average molecular weight is 322 g/mol. The Kier molecular flexibility index (Phi) is 5.53. The predicted molar refractivity (Wildman–Crippen MR) is 68.5 cm³/mol. The molecule has 0 aliphatic rings. The van der Waals surface area contributed by atoms with E-state index in [1.807, 2.05) is 0 Å². The largest absolute Gasteiger partial charge is 0.508 e. The number of amides is 1. The number of phenolic OH excluding ortho intramolecular Hbond substituents is 1. The van der Waals surface area contributed by atoms with Crippen molar-refractivity contribution in [3.05, 3.63) is 29.3 Å². The Balaban J connectivity index is 2.90. The molecule has 0 aliphatic carbocycles. The standard InChI is InChI=1S/C12H14BrF2NO2/c1-8-2-3-9(6-10(8)17)12(18)16(5-4-13)7-11(14)15/h2-3,6,11,17H,4-5,7H2,1H3. The summed E-state index contributed by atoms with van der Waals surface area (Å²) in [6.45, 7) is 1.27. The van der Waals surface area contributed by atoms with Crippen molar-refractivity contribution in [1.29, 1.82) is 0 Å². The molecular weight excluding hydrogens is 308 g/mol. The van der Waals surface area contributed by atoms with Crippen molar-refractivity contribution >= 4 is 21.8 Å². The number of benzene rings is 1. The van der Waals surface area contributed by atoms with Gasteiger partial charge in [-0.1, -0.05) is 22.0 Å². The Hall–Kier alpha value is -1.17. The van der Waals surface area contributed by atoms with Crippen LogP contribution in [0.2, 0.25) is 0 Å². The number of hydrogen-bond donors (Lipinski definition) is 1. The number of aryl methyl sites for hydroxylation is 1. The van der Waals surface area contributed by atoms with Crippen LogP contribution in [0.15, 0.2) is 18.2 Å². The minimum atomic E-state index is -2.58. The third kappa shape index (κ3) is 3.94. The fraction of sp³-hybridized carbons (Fsp3) is 0.417. The molecule has 1 aromatic rings. The summed E-state index contributed by atoms with van der Waals surface area (Å²) in [4.78, 5) is 13.1. The fourth-order valence-corrected chi connectivity index (χ4v) is 1.90. The molecule has 1 rings (SSSR count). The van der Waals surface area contributed by atoms with E-state index in [0.29, 0.717) is 10.9 Å². The van der Waals surface area contributed by atoms with Gasteiger partial charge in [0, 0.05) is 17.4 Å². The van der Waals surface area contributed by atoms with E-state index in [1.165, 1.54) is 12.1 Å². The molecule has 100 valence electrons. The summed E-state index contributed by atoms with van der Waals surface area (Å²) in [5.41, 5.74) is 0.840. The van der Waals surface area contributed by atoms with Crippen molar-refractivity contribution in [3.63, 3.8) is 0 Å². The number of alkyl halides is 3. The van der Waals surface area contributed by atoms with Gasteiger partial charge in [0.25, 0.3) is 12.3 Å². The normalized spacial score (nSPS) is 10.7. The zero-order valence-electron chi connectivity index (χ0n) is 9.87. The van der Waals surface area contributed by atoms with E-state index in [-0.39, 0.29) is 17.9 Å². The highest BCUT2D eigenvalue weighted by Gasteiger charge is 2.19. The van der Waals surface area contributed by atoms with Crippen LogP contribution in [0.3, 0.4) is 0 Å². The van der Waals surface area contributed by atoms with Crippen LogP contribution in [-0.4, -0.2) is 40.8 Å². The van der Waals surface area contributed by atoms with E-state index in [0.717, 1.165) is 4.90 Å². The van der Waals surface area contributed by atoms with E-state index in [4.69, 9.17) is 0 Å². The summed E-state index contributed by atoms with van der Waals surface area (Å²) < 4.78 is 24.7. The van der Waals surface area contributed by atoms with Gasteiger partial charge in [0.05, 0.1) is 6.54 Å². The molecule has 3 nitrogen and oxygen atoms in total. The first-order chi connectivity index (χ1) is 8.45. The molecule has 18 heavy (non-hydrogen) atoms. The molecule has 0 aromatic heterocycles. The molecule has 0 saturated heterocycles. The smallest absolute Gasteiger partial charge is 0.255 e. The summed E-state index contributed by atoms with van der Waals surface area (Å²) in [5.74, 6) is -0.526. The molecule has 1 amide bonds. The lowest BCUT2D eigenvalue weighted by Crippen LogP contribution is -2.36. The molecule has 0 radical (unpaired) electrons. The van der Waals surface area contributed by atoms with E-state index >= 15 is 0 Å². The lowest BCUT2D eigenvalue weighted by atomic mass is 10.1. The zero-order valence-corrected chi connectivity index (χ0v) is 11.5. The van der Waals surface area contributed by atoms with Gasteiger partial charge in [-0.05, 0) is 24.6 Å². The van der Waals surface area contributed by atoms with Gasteiger partial charge in [0.2, 0.25) is 0 Å². The van der Waals surface area contributed by atoms with Gasteiger partial charge < -0.3 is 10.0 Å². The Morgan fingerprint density at radius 3 is 2.67 bits per heavy atom. The third-order valence-corrected chi connectivity index (χ3v) is 2.81. The van der Waals surface area contributed by atoms with Crippen molar-refractivity contribution in [3.8, 4) is 5.75 Å². The molecule has 1 aromatic carbocycles. The van der Waals surface area contributed by atoms with Crippen molar-refractivity contribution in [2.24, 2.45) is 0 Å². The zero-order chi connectivity index (χ0) is 13.7. The molecule has 1 N–H and O–H groups in total. The van der Waals surface area contributed by atoms with E-state index < -0.39 is 18.9 Å². The molecule has 0 saturated carbocycles. The van der Waals surface area contributed by atoms with Crippen LogP contribution in [0.25, 0.3) is 0 Å². The SMILES string of the molecule is Cc1ccc(C(=O)N(CCBr)CC(F)F)cc1O.